The van der Waals surface area contributed by atoms with Crippen LogP contribution in [0.3, 0.4) is 0 Å². The standard InChI is InChI=1S/C26H36FN3O4/c1-6-20-17-12-24(34-5)23(33-4)11-16(17)18(26(31)30-20)9-15-8-14-10-22(32-3)19(27)13-21(14)29-25(15)28-7-2/h8,10,13,16-18,20,23-24H,6-7,9,11-12H2,1-5H3,(H,28,29)(H,30,31). The molecule has 1 aliphatic heterocycles. The maximum Gasteiger partial charge on any atom is 0.223 e. The van der Waals surface area contributed by atoms with Gasteiger partial charge in [0, 0.05) is 44.2 Å². The van der Waals surface area contributed by atoms with Gasteiger partial charge in [0.05, 0.1) is 24.8 Å². The minimum atomic E-state index is -0.446. The second-order valence-electron chi connectivity index (χ2n) is 9.39. The van der Waals surface area contributed by atoms with Gasteiger partial charge in [0.1, 0.15) is 5.82 Å². The molecule has 186 valence electrons. The highest BCUT2D eigenvalue weighted by molar-refractivity contribution is 5.85. The van der Waals surface area contributed by atoms with Crippen molar-refractivity contribution in [3.63, 3.8) is 0 Å². The molecule has 2 aromatic rings. The molecule has 1 saturated carbocycles. The third-order valence-electron chi connectivity index (χ3n) is 7.67. The van der Waals surface area contributed by atoms with Crippen LogP contribution in [0.1, 0.15) is 38.7 Å². The number of carbonyl (C=O) groups excluding carboxylic acids is 1. The zero-order chi connectivity index (χ0) is 24.4. The number of piperidine rings is 1. The number of ether oxygens (including phenoxy) is 3. The normalized spacial score (nSPS) is 28.9. The number of benzene rings is 1. The summed E-state index contributed by atoms with van der Waals surface area (Å²) in [5.74, 6) is 0.810. The van der Waals surface area contributed by atoms with Gasteiger partial charge in [-0.2, -0.15) is 0 Å². The first-order valence-electron chi connectivity index (χ1n) is 12.2. The number of amides is 1. The smallest absolute Gasteiger partial charge is 0.223 e. The lowest BCUT2D eigenvalue weighted by Crippen LogP contribution is -2.59. The number of pyridine rings is 1. The van der Waals surface area contributed by atoms with E-state index in [0.29, 0.717) is 30.2 Å². The van der Waals surface area contributed by atoms with Gasteiger partial charge in [0.2, 0.25) is 5.91 Å². The zero-order valence-corrected chi connectivity index (χ0v) is 20.7. The molecule has 1 aliphatic carbocycles. The van der Waals surface area contributed by atoms with Crippen LogP contribution in [0, 0.1) is 23.6 Å². The van der Waals surface area contributed by atoms with E-state index in [1.54, 1.807) is 20.3 Å². The molecule has 6 atom stereocenters. The first kappa shape index (κ1) is 24.7. The van der Waals surface area contributed by atoms with Crippen molar-refractivity contribution in [1.29, 1.82) is 0 Å². The molecule has 1 aromatic carbocycles. The van der Waals surface area contributed by atoms with Crippen molar-refractivity contribution in [2.75, 3.05) is 33.2 Å². The summed E-state index contributed by atoms with van der Waals surface area (Å²) in [5.41, 5.74) is 1.50. The molecule has 1 amide bonds. The van der Waals surface area contributed by atoms with Crippen LogP contribution in [-0.4, -0.2) is 57.0 Å². The fourth-order valence-electron chi connectivity index (χ4n) is 5.94. The van der Waals surface area contributed by atoms with E-state index < -0.39 is 5.82 Å². The van der Waals surface area contributed by atoms with Gasteiger partial charge in [-0.15, -0.1) is 0 Å². The number of aromatic nitrogens is 1. The molecule has 0 radical (unpaired) electrons. The largest absolute Gasteiger partial charge is 0.494 e. The van der Waals surface area contributed by atoms with E-state index in [9.17, 15) is 9.18 Å². The highest BCUT2D eigenvalue weighted by Gasteiger charge is 2.49. The Morgan fingerprint density at radius 1 is 1.09 bits per heavy atom. The molecule has 6 unspecified atom stereocenters. The van der Waals surface area contributed by atoms with Crippen LogP contribution in [0.4, 0.5) is 10.2 Å². The van der Waals surface area contributed by atoms with E-state index in [4.69, 9.17) is 19.2 Å². The number of methoxy groups -OCH3 is 3. The minimum absolute atomic E-state index is 0.0259. The Kier molecular flexibility index (Phi) is 7.57. The Labute approximate surface area is 200 Å². The second-order valence-corrected chi connectivity index (χ2v) is 9.39. The summed E-state index contributed by atoms with van der Waals surface area (Å²) in [6.07, 6.45) is 3.07. The number of rotatable bonds is 8. The number of hydrogen-bond acceptors (Lipinski definition) is 6. The summed E-state index contributed by atoms with van der Waals surface area (Å²) in [7, 11) is 4.90. The van der Waals surface area contributed by atoms with E-state index in [0.717, 1.165) is 30.2 Å². The van der Waals surface area contributed by atoms with Crippen molar-refractivity contribution in [3.05, 3.63) is 29.6 Å². The van der Waals surface area contributed by atoms with Crippen molar-refractivity contribution in [2.45, 2.75) is 57.8 Å². The summed E-state index contributed by atoms with van der Waals surface area (Å²) >= 11 is 0. The summed E-state index contributed by atoms with van der Waals surface area (Å²) in [5, 5.41) is 7.37. The van der Waals surface area contributed by atoms with E-state index >= 15 is 0 Å². The zero-order valence-electron chi connectivity index (χ0n) is 20.7. The first-order chi connectivity index (χ1) is 16.4. The van der Waals surface area contributed by atoms with Crippen LogP contribution < -0.4 is 15.4 Å². The van der Waals surface area contributed by atoms with Gasteiger partial charge in [-0.25, -0.2) is 9.37 Å². The van der Waals surface area contributed by atoms with Crippen molar-refractivity contribution < 1.29 is 23.4 Å². The van der Waals surface area contributed by atoms with Gasteiger partial charge in [-0.05, 0) is 62.1 Å². The summed E-state index contributed by atoms with van der Waals surface area (Å²) in [6.45, 7) is 4.79. The average Bonchev–Trinajstić information content (AvgIpc) is 2.84. The number of nitrogens with zero attached hydrogens (tertiary/aromatic N) is 1. The number of anilines is 1. The van der Waals surface area contributed by atoms with Crippen LogP contribution in [-0.2, 0) is 20.7 Å². The maximum absolute atomic E-state index is 14.3. The lowest BCUT2D eigenvalue weighted by atomic mass is 9.63. The molecule has 0 bridgehead atoms. The van der Waals surface area contributed by atoms with Crippen LogP contribution in [0.2, 0.25) is 0 Å². The van der Waals surface area contributed by atoms with Crippen molar-refractivity contribution in [2.24, 2.45) is 17.8 Å². The highest BCUT2D eigenvalue weighted by Crippen LogP contribution is 2.44. The Hall–Kier alpha value is -2.45. The molecule has 7 nitrogen and oxygen atoms in total. The van der Waals surface area contributed by atoms with Crippen LogP contribution in [0.15, 0.2) is 18.2 Å². The van der Waals surface area contributed by atoms with Crippen molar-refractivity contribution in [3.8, 4) is 5.75 Å². The Balaban J connectivity index is 1.71. The number of carbonyl (C=O) groups is 1. The van der Waals surface area contributed by atoms with E-state index in [1.165, 1.54) is 13.2 Å². The molecule has 34 heavy (non-hydrogen) atoms. The number of halogens is 1. The van der Waals surface area contributed by atoms with Gasteiger partial charge in [0.25, 0.3) is 0 Å². The highest BCUT2D eigenvalue weighted by atomic mass is 19.1. The minimum Gasteiger partial charge on any atom is -0.494 e. The van der Waals surface area contributed by atoms with Crippen molar-refractivity contribution >= 4 is 22.6 Å². The molecule has 2 fully saturated rings. The molecule has 0 spiro atoms. The van der Waals surface area contributed by atoms with E-state index in [-0.39, 0.29) is 41.7 Å². The third kappa shape index (κ3) is 4.58. The molecule has 1 saturated heterocycles. The molecular weight excluding hydrogens is 437 g/mol. The van der Waals surface area contributed by atoms with Gasteiger partial charge < -0.3 is 24.8 Å². The Bertz CT molecular complexity index is 1030. The molecule has 2 aliphatic rings. The molecule has 4 rings (SSSR count). The summed E-state index contributed by atoms with van der Waals surface area (Å²) in [6, 6.07) is 5.20. The maximum atomic E-state index is 14.3. The third-order valence-corrected chi connectivity index (χ3v) is 7.67. The van der Waals surface area contributed by atoms with Crippen molar-refractivity contribution in [1.82, 2.24) is 10.3 Å². The molecular formula is C26H36FN3O4. The second kappa shape index (κ2) is 10.4. The Morgan fingerprint density at radius 3 is 2.41 bits per heavy atom. The molecule has 2 N–H and O–H groups in total. The summed E-state index contributed by atoms with van der Waals surface area (Å²) in [4.78, 5) is 18.1. The van der Waals surface area contributed by atoms with Crippen LogP contribution in [0.5, 0.6) is 5.75 Å². The van der Waals surface area contributed by atoms with Gasteiger partial charge >= 0.3 is 0 Å². The number of nitrogens with one attached hydrogen (secondary N) is 2. The molecule has 8 heteroatoms. The van der Waals surface area contributed by atoms with Crippen LogP contribution >= 0.6 is 0 Å². The van der Waals surface area contributed by atoms with Gasteiger partial charge in [-0.1, -0.05) is 6.92 Å². The van der Waals surface area contributed by atoms with E-state index in [2.05, 4.69) is 17.6 Å². The molecule has 2 heterocycles. The van der Waals surface area contributed by atoms with Crippen LogP contribution in [0.25, 0.3) is 10.9 Å². The fourth-order valence-corrected chi connectivity index (χ4v) is 5.94. The quantitative estimate of drug-likeness (QED) is 0.605. The SMILES string of the molecule is CCNc1nc2cc(F)c(OC)cc2cc1CC1C(=O)NC(CC)C2CC(OC)C(OC)CC12. The molecule has 1 aromatic heterocycles. The topological polar surface area (TPSA) is 81.7 Å². The predicted molar refractivity (Wildman–Crippen MR) is 130 cm³/mol. The monoisotopic (exact) mass is 473 g/mol. The van der Waals surface area contributed by atoms with E-state index in [1.807, 2.05) is 13.0 Å². The Morgan fingerprint density at radius 2 is 1.79 bits per heavy atom. The van der Waals surface area contributed by atoms with Gasteiger partial charge in [0.15, 0.2) is 11.6 Å². The fraction of sp³-hybridized carbons (Fsp3) is 0.615. The first-order valence-corrected chi connectivity index (χ1v) is 12.2. The van der Waals surface area contributed by atoms with Gasteiger partial charge in [-0.3, -0.25) is 4.79 Å². The predicted octanol–water partition coefficient (Wildman–Crippen LogP) is 3.94. The average molecular weight is 474 g/mol. The lowest BCUT2D eigenvalue weighted by molar-refractivity contribution is -0.144. The summed E-state index contributed by atoms with van der Waals surface area (Å²) < 4.78 is 31.0. The number of hydrogen-bond donors (Lipinski definition) is 2. The number of fused-ring (bicyclic) bond motifs is 2. The lowest BCUT2D eigenvalue weighted by Gasteiger charge is -2.49.